The normalized spacial score (nSPS) is 10.9. The Bertz CT molecular complexity index is 2170. The maximum absolute atomic E-state index is 14.0. The summed E-state index contributed by atoms with van der Waals surface area (Å²) < 4.78 is 35.6. The van der Waals surface area contributed by atoms with Gasteiger partial charge in [0.05, 0.1) is 21.3 Å². The van der Waals surface area contributed by atoms with Gasteiger partial charge in [-0.05, 0) is 34.4 Å². The first kappa shape index (κ1) is 32.7. The van der Waals surface area contributed by atoms with E-state index in [4.69, 9.17) is 28.4 Å². The summed E-state index contributed by atoms with van der Waals surface area (Å²) in [6, 6.07) is 38.4. The highest BCUT2D eigenvalue weighted by atomic mass is 16.6. The van der Waals surface area contributed by atoms with Crippen molar-refractivity contribution < 1.29 is 42.8 Å². The highest BCUT2D eigenvalue weighted by Crippen LogP contribution is 2.50. The Balaban J connectivity index is 1.62. The van der Waals surface area contributed by atoms with E-state index in [2.05, 4.69) is 0 Å². The number of ether oxygens (including phenoxy) is 6. The van der Waals surface area contributed by atoms with Crippen molar-refractivity contribution in [2.75, 3.05) is 21.3 Å². The van der Waals surface area contributed by atoms with Crippen LogP contribution in [0, 0.1) is 0 Å². The molecule has 252 valence electrons. The summed E-state index contributed by atoms with van der Waals surface area (Å²) in [5.41, 5.74) is -1.11. The van der Waals surface area contributed by atoms with Crippen LogP contribution < -0.4 is 14.2 Å². The molecule has 7 rings (SSSR count). The average Bonchev–Trinajstić information content (AvgIpc) is 3.17. The second kappa shape index (κ2) is 13.9. The number of rotatable bonds is 9. The topological polar surface area (TPSA) is 107 Å². The maximum Gasteiger partial charge on any atom is 0.345 e. The first-order chi connectivity index (χ1) is 24.9. The summed E-state index contributed by atoms with van der Waals surface area (Å²) >= 11 is 0. The number of fused-ring (bicyclic) bond motifs is 3. The molecule has 9 nitrogen and oxygen atoms in total. The zero-order chi connectivity index (χ0) is 35.5. The van der Waals surface area contributed by atoms with Gasteiger partial charge in [-0.25, -0.2) is 14.4 Å². The molecule has 51 heavy (non-hydrogen) atoms. The van der Waals surface area contributed by atoms with Gasteiger partial charge in [0.2, 0.25) is 0 Å². The molecular formula is C42H30O9. The molecule has 0 bridgehead atoms. The van der Waals surface area contributed by atoms with Crippen molar-refractivity contribution in [1.29, 1.82) is 0 Å². The highest BCUT2D eigenvalue weighted by Gasteiger charge is 2.39. The number of hydrogen-bond acceptors (Lipinski definition) is 9. The van der Waals surface area contributed by atoms with E-state index in [0.717, 1.165) is 16.2 Å². The molecule has 0 aromatic heterocycles. The number of hydrogen-bond donors (Lipinski definition) is 0. The molecule has 7 aromatic rings. The fourth-order valence-corrected chi connectivity index (χ4v) is 6.04. The Morgan fingerprint density at radius 2 is 0.608 bits per heavy atom. The third-order valence-electron chi connectivity index (χ3n) is 8.42. The van der Waals surface area contributed by atoms with Gasteiger partial charge >= 0.3 is 17.9 Å². The molecular weight excluding hydrogens is 648 g/mol. The van der Waals surface area contributed by atoms with E-state index < -0.39 is 17.9 Å². The SMILES string of the molecule is COC(=O)c1c(Oc2cccc3ccccc23)c(C(=O)OC)c(Oc2cccc3ccccc23)c(C(=O)OC)c1Oc1cccc2ccccc12. The molecule has 0 N–H and O–H groups in total. The van der Waals surface area contributed by atoms with E-state index in [1.807, 2.05) is 91.0 Å². The fraction of sp³-hybridized carbons (Fsp3) is 0.0714. The van der Waals surface area contributed by atoms with Crippen molar-refractivity contribution in [3.63, 3.8) is 0 Å². The van der Waals surface area contributed by atoms with E-state index in [1.165, 1.54) is 21.3 Å². The molecule has 0 spiro atoms. The summed E-state index contributed by atoms with van der Waals surface area (Å²) in [7, 11) is 3.51. The Kier molecular flexibility index (Phi) is 8.92. The molecule has 0 atom stereocenters. The lowest BCUT2D eigenvalue weighted by Crippen LogP contribution is -2.18. The second-order valence-electron chi connectivity index (χ2n) is 11.3. The van der Waals surface area contributed by atoms with Crippen LogP contribution in [0.25, 0.3) is 32.3 Å². The predicted octanol–water partition coefficient (Wildman–Crippen LogP) is 9.88. The number of esters is 3. The van der Waals surface area contributed by atoms with Gasteiger partial charge in [-0.1, -0.05) is 109 Å². The van der Waals surface area contributed by atoms with E-state index in [1.54, 1.807) is 36.4 Å². The van der Waals surface area contributed by atoms with Gasteiger partial charge in [-0.3, -0.25) is 0 Å². The van der Waals surface area contributed by atoms with Crippen molar-refractivity contribution in [2.24, 2.45) is 0 Å². The van der Waals surface area contributed by atoms with Crippen LogP contribution in [-0.4, -0.2) is 39.2 Å². The van der Waals surface area contributed by atoms with Crippen LogP contribution in [0.3, 0.4) is 0 Å². The Labute approximate surface area is 292 Å². The molecule has 0 heterocycles. The zero-order valence-corrected chi connectivity index (χ0v) is 27.8. The summed E-state index contributed by atoms with van der Waals surface area (Å²) in [4.78, 5) is 42.0. The van der Waals surface area contributed by atoms with Crippen molar-refractivity contribution in [1.82, 2.24) is 0 Å². The lowest BCUT2D eigenvalue weighted by Gasteiger charge is -2.24. The van der Waals surface area contributed by atoms with Gasteiger partial charge in [-0.15, -0.1) is 0 Å². The fourth-order valence-electron chi connectivity index (χ4n) is 6.04. The van der Waals surface area contributed by atoms with E-state index in [-0.39, 0.29) is 33.9 Å². The minimum Gasteiger partial charge on any atom is -0.465 e. The van der Waals surface area contributed by atoms with Gasteiger partial charge in [-0.2, -0.15) is 0 Å². The van der Waals surface area contributed by atoms with Gasteiger partial charge in [0.1, 0.15) is 33.9 Å². The van der Waals surface area contributed by atoms with Crippen molar-refractivity contribution in [3.05, 3.63) is 144 Å². The highest BCUT2D eigenvalue weighted by molar-refractivity contribution is 6.11. The molecule has 0 saturated heterocycles. The smallest absolute Gasteiger partial charge is 0.345 e. The first-order valence-electron chi connectivity index (χ1n) is 15.9. The quantitative estimate of drug-likeness (QED) is 0.109. The van der Waals surface area contributed by atoms with Crippen molar-refractivity contribution in [3.8, 4) is 34.5 Å². The zero-order valence-electron chi connectivity index (χ0n) is 27.8. The number of benzene rings is 7. The first-order valence-corrected chi connectivity index (χ1v) is 15.9. The molecule has 0 aliphatic rings. The van der Waals surface area contributed by atoms with Gasteiger partial charge in [0.25, 0.3) is 0 Å². The van der Waals surface area contributed by atoms with E-state index in [9.17, 15) is 14.4 Å². The summed E-state index contributed by atoms with van der Waals surface area (Å²) in [5, 5.41) is 4.53. The van der Waals surface area contributed by atoms with Crippen LogP contribution in [0.4, 0.5) is 0 Å². The van der Waals surface area contributed by atoms with E-state index in [0.29, 0.717) is 33.4 Å². The molecule has 7 aromatic carbocycles. The molecule has 0 aliphatic heterocycles. The molecule has 0 amide bonds. The van der Waals surface area contributed by atoms with E-state index >= 15 is 0 Å². The number of carbonyl (C=O) groups is 3. The minimum atomic E-state index is -0.965. The maximum atomic E-state index is 14.0. The Morgan fingerprint density at radius 3 is 0.882 bits per heavy atom. The predicted molar refractivity (Wildman–Crippen MR) is 193 cm³/mol. The minimum absolute atomic E-state index is 0.293. The molecule has 0 aliphatic carbocycles. The Morgan fingerprint density at radius 1 is 0.353 bits per heavy atom. The summed E-state index contributed by atoms with van der Waals surface area (Å²) in [5.74, 6) is -2.97. The van der Waals surface area contributed by atoms with Crippen LogP contribution in [0.2, 0.25) is 0 Å². The third-order valence-corrected chi connectivity index (χ3v) is 8.42. The molecule has 0 radical (unpaired) electrons. The lowest BCUT2D eigenvalue weighted by molar-refractivity contribution is 0.0585. The number of carbonyl (C=O) groups excluding carboxylic acids is 3. The largest absolute Gasteiger partial charge is 0.465 e. The molecule has 9 heteroatoms. The van der Waals surface area contributed by atoms with Crippen LogP contribution in [0.15, 0.2) is 127 Å². The third kappa shape index (κ3) is 6.02. The lowest BCUT2D eigenvalue weighted by atomic mass is 9.98. The van der Waals surface area contributed by atoms with Gasteiger partial charge < -0.3 is 28.4 Å². The number of methoxy groups -OCH3 is 3. The Hall–Kier alpha value is -6.87. The van der Waals surface area contributed by atoms with Crippen LogP contribution in [-0.2, 0) is 14.2 Å². The molecule has 0 unspecified atom stereocenters. The summed E-state index contributed by atoms with van der Waals surface area (Å²) in [6.45, 7) is 0. The second-order valence-corrected chi connectivity index (χ2v) is 11.3. The van der Waals surface area contributed by atoms with Gasteiger partial charge in [0.15, 0.2) is 17.2 Å². The van der Waals surface area contributed by atoms with Crippen molar-refractivity contribution in [2.45, 2.75) is 0 Å². The monoisotopic (exact) mass is 678 g/mol. The van der Waals surface area contributed by atoms with Crippen LogP contribution in [0.5, 0.6) is 34.5 Å². The van der Waals surface area contributed by atoms with Crippen molar-refractivity contribution >= 4 is 50.2 Å². The van der Waals surface area contributed by atoms with Crippen LogP contribution >= 0.6 is 0 Å². The molecule has 0 fully saturated rings. The standard InChI is InChI=1S/C42H30O9/c1-46-40(43)34-37(49-31-22-10-16-25-13-4-7-19-28(25)31)35(41(44)47-2)39(51-33-24-12-18-27-15-6-9-21-30(27)33)36(42(45)48-3)38(34)50-32-23-11-17-26-14-5-8-20-29(26)32/h4-24H,1-3H3. The molecule has 0 saturated carbocycles. The van der Waals surface area contributed by atoms with Crippen LogP contribution in [0.1, 0.15) is 31.1 Å². The summed E-state index contributed by atoms with van der Waals surface area (Å²) in [6.07, 6.45) is 0. The van der Waals surface area contributed by atoms with Gasteiger partial charge in [0, 0.05) is 16.2 Å². The average molecular weight is 679 g/mol.